The van der Waals surface area contributed by atoms with Gasteiger partial charge in [-0.25, -0.2) is 19.2 Å². The number of carboxylic acids is 1. The third kappa shape index (κ3) is 5.31. The molecule has 9 nitrogen and oxygen atoms in total. The molecular weight excluding hydrogens is 483 g/mol. The molecule has 2 aromatic heterocycles. The molecule has 1 aliphatic heterocycles. The molecule has 0 radical (unpaired) electrons. The summed E-state index contributed by atoms with van der Waals surface area (Å²) < 4.78 is 15.4. The third-order valence-corrected chi connectivity index (χ3v) is 7.28. The number of hydrogen-bond donors (Lipinski definition) is 1. The highest BCUT2D eigenvalue weighted by Gasteiger charge is 2.29. The summed E-state index contributed by atoms with van der Waals surface area (Å²) in [5, 5.41) is 11.7. The molecule has 0 saturated carbocycles. The zero-order chi connectivity index (χ0) is 25.8. The number of thiazole rings is 1. The lowest BCUT2D eigenvalue weighted by Gasteiger charge is -2.38. The van der Waals surface area contributed by atoms with Crippen LogP contribution in [0.15, 0.2) is 48.6 Å². The molecule has 4 rings (SSSR count). The van der Waals surface area contributed by atoms with Crippen LogP contribution in [0.3, 0.4) is 0 Å². The number of carbonyl (C=O) groups is 2. The van der Waals surface area contributed by atoms with E-state index in [0.717, 1.165) is 34.3 Å². The monoisotopic (exact) mass is 512 g/mol. The second kappa shape index (κ2) is 11.0. The number of nitrogens with zero attached hydrogens (tertiary/aromatic N) is 6. The Morgan fingerprint density at radius 3 is 2.56 bits per heavy atom. The van der Waals surface area contributed by atoms with E-state index in [-0.39, 0.29) is 11.9 Å². The van der Waals surface area contributed by atoms with Crippen LogP contribution in [-0.4, -0.2) is 80.6 Å². The van der Waals surface area contributed by atoms with Crippen LogP contribution in [0.4, 0.5) is 15.3 Å². The number of carboxylic acid groups (broad SMARTS) is 1. The Balaban J connectivity index is 1.51. The van der Waals surface area contributed by atoms with Crippen LogP contribution >= 0.6 is 11.3 Å². The second-order valence-corrected chi connectivity index (χ2v) is 9.37. The van der Waals surface area contributed by atoms with Crippen molar-refractivity contribution in [3.63, 3.8) is 0 Å². The van der Waals surface area contributed by atoms with E-state index in [1.54, 1.807) is 12.1 Å². The molecule has 1 atom stereocenters. The summed E-state index contributed by atoms with van der Waals surface area (Å²) in [6, 6.07) is 6.26. The fourth-order valence-electron chi connectivity index (χ4n) is 4.38. The molecule has 1 saturated heterocycles. The van der Waals surface area contributed by atoms with Gasteiger partial charge < -0.3 is 19.5 Å². The zero-order valence-corrected chi connectivity index (χ0v) is 21.1. The molecule has 36 heavy (non-hydrogen) atoms. The highest BCUT2D eigenvalue weighted by molar-refractivity contribution is 7.14. The molecule has 3 aromatic rings. The summed E-state index contributed by atoms with van der Waals surface area (Å²) in [6.07, 6.45) is 4.44. The van der Waals surface area contributed by atoms with Gasteiger partial charge in [0, 0.05) is 56.8 Å². The summed E-state index contributed by atoms with van der Waals surface area (Å²) >= 11 is 1.50. The first-order chi connectivity index (χ1) is 17.3. The van der Waals surface area contributed by atoms with Crippen molar-refractivity contribution in [2.24, 2.45) is 0 Å². The van der Waals surface area contributed by atoms with Gasteiger partial charge in [0.2, 0.25) is 0 Å². The highest BCUT2D eigenvalue weighted by atomic mass is 32.1. The minimum absolute atomic E-state index is 0.0239. The predicted molar refractivity (Wildman–Crippen MR) is 137 cm³/mol. The summed E-state index contributed by atoms with van der Waals surface area (Å²) in [4.78, 5) is 37.8. The number of anilines is 2. The van der Waals surface area contributed by atoms with Crippen molar-refractivity contribution in [2.75, 3.05) is 38.1 Å². The predicted octanol–water partition coefficient (Wildman–Crippen LogP) is 3.26. The molecule has 11 heteroatoms. The minimum atomic E-state index is -1.42. The van der Waals surface area contributed by atoms with Gasteiger partial charge in [0.1, 0.15) is 11.6 Å². The van der Waals surface area contributed by atoms with Gasteiger partial charge in [-0.1, -0.05) is 13.0 Å². The van der Waals surface area contributed by atoms with Crippen molar-refractivity contribution < 1.29 is 19.1 Å². The topological polar surface area (TPSA) is 94.8 Å². The lowest BCUT2D eigenvalue weighted by atomic mass is 10.2. The Morgan fingerprint density at radius 1 is 1.25 bits per heavy atom. The fourth-order valence-corrected chi connectivity index (χ4v) is 5.18. The number of aryl methyl sites for hydroxylation is 1. The standard InChI is InChI=1S/C25H29FN6O3S/c1-4-19(30-10-12-31(13-11-30)23(33)24(34)35)14-32-16-27-20(5-2)22(32)29(3)25-28-21(15-36-25)17-6-8-18(26)9-7-17/h4,6-9,15-16,19H,1,5,10-14H2,2-3H3,(H,34,35). The molecule has 1 unspecified atom stereocenters. The van der Waals surface area contributed by atoms with E-state index in [1.807, 2.05) is 29.7 Å². The van der Waals surface area contributed by atoms with E-state index in [0.29, 0.717) is 32.7 Å². The van der Waals surface area contributed by atoms with E-state index in [9.17, 15) is 14.0 Å². The fraction of sp³-hybridized carbons (Fsp3) is 0.360. The lowest BCUT2D eigenvalue weighted by molar-refractivity contribution is -0.156. The van der Waals surface area contributed by atoms with Gasteiger partial charge >= 0.3 is 11.9 Å². The van der Waals surface area contributed by atoms with Gasteiger partial charge in [-0.3, -0.25) is 9.69 Å². The van der Waals surface area contributed by atoms with Crippen LogP contribution in [0, 0.1) is 5.82 Å². The molecule has 0 spiro atoms. The van der Waals surface area contributed by atoms with Crippen molar-refractivity contribution in [3.05, 3.63) is 60.1 Å². The minimum Gasteiger partial charge on any atom is -0.474 e. The Labute approximate surface area is 213 Å². The van der Waals surface area contributed by atoms with Crippen molar-refractivity contribution in [2.45, 2.75) is 25.9 Å². The maximum absolute atomic E-state index is 13.3. The van der Waals surface area contributed by atoms with Crippen LogP contribution in [0.2, 0.25) is 0 Å². The van der Waals surface area contributed by atoms with E-state index in [1.165, 1.54) is 28.4 Å². The molecule has 1 N–H and O–H groups in total. The van der Waals surface area contributed by atoms with Gasteiger partial charge in [-0.15, -0.1) is 17.9 Å². The SMILES string of the molecule is C=CC(Cn1cnc(CC)c1N(C)c1nc(-c2ccc(F)cc2)cs1)N1CCN(C(=O)C(=O)O)CC1. The van der Waals surface area contributed by atoms with Gasteiger partial charge in [0.25, 0.3) is 0 Å². The molecule has 1 amide bonds. The second-order valence-electron chi connectivity index (χ2n) is 8.54. The van der Waals surface area contributed by atoms with Crippen molar-refractivity contribution in [1.29, 1.82) is 0 Å². The summed E-state index contributed by atoms with van der Waals surface area (Å²) in [5.41, 5.74) is 2.57. The smallest absolute Gasteiger partial charge is 0.394 e. The maximum Gasteiger partial charge on any atom is 0.394 e. The quantitative estimate of drug-likeness (QED) is 0.366. The third-order valence-electron chi connectivity index (χ3n) is 6.36. The number of piperazine rings is 1. The van der Waals surface area contributed by atoms with Gasteiger partial charge in [0.15, 0.2) is 5.13 Å². The molecule has 1 fully saturated rings. The molecule has 1 aliphatic rings. The summed E-state index contributed by atoms with van der Waals surface area (Å²) in [7, 11) is 1.96. The zero-order valence-electron chi connectivity index (χ0n) is 20.3. The average molecular weight is 513 g/mol. The number of hydrogen-bond acceptors (Lipinski definition) is 7. The molecule has 3 heterocycles. The summed E-state index contributed by atoms with van der Waals surface area (Å²) in [6.45, 7) is 8.50. The Bertz CT molecular complexity index is 1230. The van der Waals surface area contributed by atoms with Crippen LogP contribution in [0.1, 0.15) is 12.6 Å². The van der Waals surface area contributed by atoms with Gasteiger partial charge in [-0.05, 0) is 30.7 Å². The van der Waals surface area contributed by atoms with Crippen LogP contribution in [-0.2, 0) is 22.6 Å². The first-order valence-electron chi connectivity index (χ1n) is 11.7. The maximum atomic E-state index is 13.3. The first-order valence-corrected chi connectivity index (χ1v) is 12.6. The number of amides is 1. The molecule has 0 bridgehead atoms. The van der Waals surface area contributed by atoms with E-state index in [2.05, 4.69) is 28.0 Å². The number of benzene rings is 1. The summed E-state index contributed by atoms with van der Waals surface area (Å²) in [5.74, 6) is -1.63. The largest absolute Gasteiger partial charge is 0.474 e. The lowest BCUT2D eigenvalue weighted by Crippen LogP contribution is -2.53. The van der Waals surface area contributed by atoms with Crippen LogP contribution < -0.4 is 4.90 Å². The normalized spacial score (nSPS) is 15.0. The van der Waals surface area contributed by atoms with E-state index in [4.69, 9.17) is 10.1 Å². The number of rotatable bonds is 8. The van der Waals surface area contributed by atoms with E-state index < -0.39 is 11.9 Å². The first kappa shape index (κ1) is 25.5. The molecule has 0 aliphatic carbocycles. The molecule has 1 aromatic carbocycles. The number of carbonyl (C=O) groups excluding carboxylic acids is 1. The Morgan fingerprint density at radius 2 is 1.94 bits per heavy atom. The van der Waals surface area contributed by atoms with Gasteiger partial charge in [-0.2, -0.15) is 0 Å². The van der Waals surface area contributed by atoms with E-state index >= 15 is 0 Å². The van der Waals surface area contributed by atoms with Gasteiger partial charge in [0.05, 0.1) is 17.7 Å². The number of halogens is 1. The number of aromatic nitrogens is 3. The van der Waals surface area contributed by atoms with Crippen molar-refractivity contribution in [3.8, 4) is 11.3 Å². The molecule has 190 valence electrons. The number of aliphatic carboxylic acids is 1. The highest BCUT2D eigenvalue weighted by Crippen LogP contribution is 2.33. The Kier molecular flexibility index (Phi) is 7.80. The van der Waals surface area contributed by atoms with Crippen molar-refractivity contribution >= 4 is 34.2 Å². The molecular formula is C25H29FN6O3S. The van der Waals surface area contributed by atoms with Crippen molar-refractivity contribution in [1.82, 2.24) is 24.3 Å². The van der Waals surface area contributed by atoms with Crippen LogP contribution in [0.5, 0.6) is 0 Å². The Hall–Kier alpha value is -3.57. The average Bonchev–Trinajstić information content (AvgIpc) is 3.54. The van der Waals surface area contributed by atoms with Crippen LogP contribution in [0.25, 0.3) is 11.3 Å². The number of imidazole rings is 1.